The average Bonchev–Trinajstić information content (AvgIpc) is 2.38. The number of ether oxygens (including phenoxy) is 1. The van der Waals surface area contributed by atoms with Crippen molar-refractivity contribution in [3.05, 3.63) is 35.0 Å². The molecule has 0 radical (unpaired) electrons. The standard InChI is InChI=1S/C12H12ClN3O2/c1-2-18-12(17)8-6-15-11-7(10(8)16-14)4-3-5-9(11)13/h3-6H,2,14H2,1H3,(H,15,16). The number of anilines is 1. The number of hydrogen-bond acceptors (Lipinski definition) is 5. The lowest BCUT2D eigenvalue weighted by Gasteiger charge is -2.11. The highest BCUT2D eigenvalue weighted by molar-refractivity contribution is 6.35. The number of rotatable bonds is 3. The fourth-order valence-corrected chi connectivity index (χ4v) is 1.93. The van der Waals surface area contributed by atoms with Crippen molar-refractivity contribution in [2.45, 2.75) is 6.92 Å². The number of esters is 1. The van der Waals surface area contributed by atoms with Crippen molar-refractivity contribution in [3.63, 3.8) is 0 Å². The lowest BCUT2D eigenvalue weighted by molar-refractivity contribution is 0.0527. The van der Waals surface area contributed by atoms with E-state index in [0.29, 0.717) is 21.6 Å². The number of nitrogen functional groups attached to an aromatic ring is 1. The Kier molecular flexibility index (Phi) is 3.64. The lowest BCUT2D eigenvalue weighted by atomic mass is 10.1. The Hall–Kier alpha value is -1.85. The van der Waals surface area contributed by atoms with Gasteiger partial charge in [0.15, 0.2) is 0 Å². The normalized spacial score (nSPS) is 10.4. The quantitative estimate of drug-likeness (QED) is 0.506. The number of fused-ring (bicyclic) bond motifs is 1. The summed E-state index contributed by atoms with van der Waals surface area (Å²) in [5.41, 5.74) is 3.83. The van der Waals surface area contributed by atoms with Gasteiger partial charge in [-0.2, -0.15) is 0 Å². The molecule has 0 saturated carbocycles. The Morgan fingerprint density at radius 2 is 2.33 bits per heavy atom. The Morgan fingerprint density at radius 1 is 1.56 bits per heavy atom. The van der Waals surface area contributed by atoms with Crippen molar-refractivity contribution in [1.82, 2.24) is 4.98 Å². The molecular formula is C12H12ClN3O2. The number of aromatic nitrogens is 1. The maximum atomic E-state index is 11.8. The van der Waals surface area contributed by atoms with Gasteiger partial charge < -0.3 is 10.2 Å². The molecule has 5 nitrogen and oxygen atoms in total. The molecule has 0 spiro atoms. The van der Waals surface area contributed by atoms with Gasteiger partial charge in [-0.1, -0.05) is 23.7 Å². The summed E-state index contributed by atoms with van der Waals surface area (Å²) in [4.78, 5) is 15.9. The van der Waals surface area contributed by atoms with Gasteiger partial charge >= 0.3 is 5.97 Å². The van der Waals surface area contributed by atoms with Gasteiger partial charge in [0.05, 0.1) is 22.8 Å². The highest BCUT2D eigenvalue weighted by Gasteiger charge is 2.16. The van der Waals surface area contributed by atoms with Crippen molar-refractivity contribution in [3.8, 4) is 0 Å². The van der Waals surface area contributed by atoms with E-state index in [4.69, 9.17) is 22.2 Å². The molecule has 0 atom stereocenters. The van der Waals surface area contributed by atoms with Crippen LogP contribution in [0.1, 0.15) is 17.3 Å². The highest BCUT2D eigenvalue weighted by Crippen LogP contribution is 2.29. The van der Waals surface area contributed by atoms with Gasteiger partial charge in [0.2, 0.25) is 0 Å². The molecular weight excluding hydrogens is 254 g/mol. The first kappa shape index (κ1) is 12.6. The van der Waals surface area contributed by atoms with Crippen LogP contribution in [0.2, 0.25) is 5.02 Å². The van der Waals surface area contributed by atoms with Crippen molar-refractivity contribution in [2.24, 2.45) is 5.84 Å². The predicted molar refractivity (Wildman–Crippen MR) is 70.5 cm³/mol. The number of benzene rings is 1. The Labute approximate surface area is 109 Å². The minimum Gasteiger partial charge on any atom is -0.462 e. The molecule has 1 heterocycles. The summed E-state index contributed by atoms with van der Waals surface area (Å²) in [5.74, 6) is 5.00. The molecule has 0 aliphatic carbocycles. The van der Waals surface area contributed by atoms with Crippen molar-refractivity contribution < 1.29 is 9.53 Å². The zero-order chi connectivity index (χ0) is 13.1. The van der Waals surface area contributed by atoms with E-state index in [0.717, 1.165) is 0 Å². The van der Waals surface area contributed by atoms with Crippen molar-refractivity contribution >= 4 is 34.2 Å². The van der Waals surface area contributed by atoms with E-state index in [1.807, 2.05) is 0 Å². The number of nitrogens with zero attached hydrogens (tertiary/aromatic N) is 1. The zero-order valence-corrected chi connectivity index (χ0v) is 10.5. The predicted octanol–water partition coefficient (Wildman–Crippen LogP) is 2.35. The van der Waals surface area contributed by atoms with Crippen LogP contribution in [-0.2, 0) is 4.74 Å². The number of pyridine rings is 1. The number of nitrogens with one attached hydrogen (secondary N) is 1. The summed E-state index contributed by atoms with van der Waals surface area (Å²) in [6.45, 7) is 2.02. The topological polar surface area (TPSA) is 77.2 Å². The zero-order valence-electron chi connectivity index (χ0n) is 9.74. The second kappa shape index (κ2) is 5.20. The van der Waals surface area contributed by atoms with Crippen LogP contribution in [0, 0.1) is 0 Å². The van der Waals surface area contributed by atoms with Gasteiger partial charge in [-0.25, -0.2) is 4.79 Å². The molecule has 0 aliphatic rings. The van der Waals surface area contributed by atoms with Crippen LogP contribution in [0.3, 0.4) is 0 Å². The molecule has 1 aromatic carbocycles. The number of hydrazine groups is 1. The van der Waals surface area contributed by atoms with E-state index in [-0.39, 0.29) is 12.2 Å². The SMILES string of the molecule is CCOC(=O)c1cnc2c(Cl)cccc2c1NN. The summed E-state index contributed by atoms with van der Waals surface area (Å²) in [6, 6.07) is 5.27. The van der Waals surface area contributed by atoms with Gasteiger partial charge in [-0.3, -0.25) is 10.8 Å². The largest absolute Gasteiger partial charge is 0.462 e. The van der Waals surface area contributed by atoms with Crippen LogP contribution in [0.25, 0.3) is 10.9 Å². The molecule has 0 aliphatic heterocycles. The van der Waals surface area contributed by atoms with Gasteiger partial charge in [0.25, 0.3) is 0 Å². The molecule has 94 valence electrons. The number of carbonyl (C=O) groups is 1. The van der Waals surface area contributed by atoms with Gasteiger partial charge in [0.1, 0.15) is 5.56 Å². The fourth-order valence-electron chi connectivity index (χ4n) is 1.71. The van der Waals surface area contributed by atoms with E-state index >= 15 is 0 Å². The minimum absolute atomic E-state index is 0.286. The molecule has 0 fully saturated rings. The number of halogens is 1. The third kappa shape index (κ3) is 2.10. The van der Waals surface area contributed by atoms with Crippen LogP contribution in [0.4, 0.5) is 5.69 Å². The molecule has 18 heavy (non-hydrogen) atoms. The van der Waals surface area contributed by atoms with E-state index in [9.17, 15) is 4.79 Å². The first-order valence-electron chi connectivity index (χ1n) is 5.40. The molecule has 3 N–H and O–H groups in total. The minimum atomic E-state index is -0.472. The summed E-state index contributed by atoms with van der Waals surface area (Å²) < 4.78 is 4.94. The molecule has 0 bridgehead atoms. The van der Waals surface area contributed by atoms with Crippen LogP contribution >= 0.6 is 11.6 Å². The van der Waals surface area contributed by atoms with Crippen molar-refractivity contribution in [2.75, 3.05) is 12.0 Å². The maximum Gasteiger partial charge on any atom is 0.341 e. The first-order valence-corrected chi connectivity index (χ1v) is 5.77. The van der Waals surface area contributed by atoms with Gasteiger partial charge in [-0.15, -0.1) is 0 Å². The van der Waals surface area contributed by atoms with E-state index in [2.05, 4.69) is 10.4 Å². The number of carbonyl (C=O) groups excluding carboxylic acids is 1. The first-order chi connectivity index (χ1) is 8.69. The molecule has 0 saturated heterocycles. The Balaban J connectivity index is 2.67. The van der Waals surface area contributed by atoms with Crippen LogP contribution in [0.5, 0.6) is 0 Å². The molecule has 2 rings (SSSR count). The van der Waals surface area contributed by atoms with Crippen LogP contribution < -0.4 is 11.3 Å². The van der Waals surface area contributed by atoms with E-state index < -0.39 is 5.97 Å². The fraction of sp³-hybridized carbons (Fsp3) is 0.167. The number of hydrogen-bond donors (Lipinski definition) is 2. The smallest absolute Gasteiger partial charge is 0.341 e. The Bertz CT molecular complexity index is 601. The molecule has 1 aromatic heterocycles. The third-order valence-corrected chi connectivity index (χ3v) is 2.79. The molecule has 2 aromatic rings. The number of para-hydroxylation sites is 1. The monoisotopic (exact) mass is 265 g/mol. The molecule has 0 amide bonds. The van der Waals surface area contributed by atoms with E-state index in [1.54, 1.807) is 25.1 Å². The molecule has 0 unspecified atom stereocenters. The maximum absolute atomic E-state index is 11.8. The summed E-state index contributed by atoms with van der Waals surface area (Å²) >= 11 is 6.03. The Morgan fingerprint density at radius 3 is 3.00 bits per heavy atom. The lowest BCUT2D eigenvalue weighted by Crippen LogP contribution is -2.15. The van der Waals surface area contributed by atoms with Crippen molar-refractivity contribution in [1.29, 1.82) is 0 Å². The summed E-state index contributed by atoms with van der Waals surface area (Å²) in [6.07, 6.45) is 1.40. The highest BCUT2D eigenvalue weighted by atomic mass is 35.5. The average molecular weight is 266 g/mol. The second-order valence-corrected chi connectivity index (χ2v) is 3.95. The summed E-state index contributed by atoms with van der Waals surface area (Å²) in [7, 11) is 0. The third-order valence-electron chi connectivity index (χ3n) is 2.49. The van der Waals surface area contributed by atoms with Gasteiger partial charge in [0, 0.05) is 11.6 Å². The van der Waals surface area contributed by atoms with Gasteiger partial charge in [-0.05, 0) is 13.0 Å². The van der Waals surface area contributed by atoms with Crippen LogP contribution in [-0.4, -0.2) is 17.6 Å². The van der Waals surface area contributed by atoms with E-state index in [1.165, 1.54) is 6.20 Å². The van der Waals surface area contributed by atoms with Crippen LogP contribution in [0.15, 0.2) is 24.4 Å². The number of nitrogens with two attached hydrogens (primary N) is 1. The second-order valence-electron chi connectivity index (χ2n) is 3.55. The summed E-state index contributed by atoms with van der Waals surface area (Å²) in [5, 5.41) is 1.18. The molecule has 6 heteroatoms.